The largest absolute Gasteiger partial charge is 0.493 e. The van der Waals surface area contributed by atoms with Crippen LogP contribution in [-0.2, 0) is 12.9 Å². The first-order chi connectivity index (χ1) is 16.7. The molecule has 28 heavy (non-hydrogen) atoms. The van der Waals surface area contributed by atoms with Crippen molar-refractivity contribution in [1.29, 1.82) is 0 Å². The number of nitrogens with zero attached hydrogens (tertiary/aromatic N) is 1. The van der Waals surface area contributed by atoms with Gasteiger partial charge in [-0.1, -0.05) is 30.3 Å². The lowest BCUT2D eigenvalue weighted by molar-refractivity contribution is 0.0895. The molecule has 1 aliphatic carbocycles. The Hall–Kier alpha value is -2.33. The molecule has 2 aliphatic rings. The fourth-order valence-electron chi connectivity index (χ4n) is 4.20. The summed E-state index contributed by atoms with van der Waals surface area (Å²) in [5, 5.41) is 0. The van der Waals surface area contributed by atoms with E-state index in [0.717, 1.165) is 44.6 Å². The Labute approximate surface area is 178 Å². The van der Waals surface area contributed by atoms with Gasteiger partial charge >= 0.3 is 0 Å². The van der Waals surface area contributed by atoms with E-state index in [1.165, 1.54) is 5.56 Å². The summed E-state index contributed by atoms with van der Waals surface area (Å²) >= 11 is 0. The summed E-state index contributed by atoms with van der Waals surface area (Å²) < 4.78 is 71.5. The molecule has 148 valence electrons. The number of carbonyl (C=O) groups is 1. The third-order valence-electron chi connectivity index (χ3n) is 5.74. The first-order valence-electron chi connectivity index (χ1n) is 13.6. The molecule has 0 aromatic heterocycles. The van der Waals surface area contributed by atoms with Gasteiger partial charge in [0, 0.05) is 20.8 Å². The number of methoxy groups -OCH3 is 2. The maximum absolute atomic E-state index is 13.3. The molecule has 1 saturated heterocycles. The van der Waals surface area contributed by atoms with Gasteiger partial charge < -0.3 is 9.47 Å². The van der Waals surface area contributed by atoms with Gasteiger partial charge in [0.1, 0.15) is 0 Å². The Kier molecular flexibility index (Phi) is 3.47. The highest BCUT2D eigenvalue weighted by atomic mass is 16.5. The first-order valence-corrected chi connectivity index (χ1v) is 9.60. The van der Waals surface area contributed by atoms with E-state index in [1.54, 1.807) is 0 Å². The minimum absolute atomic E-state index is 0.00338. The van der Waals surface area contributed by atoms with Gasteiger partial charge in [-0.3, -0.25) is 9.69 Å². The molecule has 4 rings (SSSR count). The Morgan fingerprint density at radius 2 is 1.82 bits per heavy atom. The predicted octanol–water partition coefficient (Wildman–Crippen LogP) is 4.36. The molecule has 1 heterocycles. The number of piperidine rings is 1. The van der Waals surface area contributed by atoms with Gasteiger partial charge in [-0.15, -0.1) is 0 Å². The number of Topliss-reactive ketones (excluding diaryl/α,β-unsaturated/α-hetero) is 1. The van der Waals surface area contributed by atoms with Gasteiger partial charge in [0.15, 0.2) is 17.3 Å². The van der Waals surface area contributed by atoms with Crippen molar-refractivity contribution >= 4 is 5.78 Å². The van der Waals surface area contributed by atoms with Gasteiger partial charge in [0.05, 0.1) is 22.3 Å². The lowest BCUT2D eigenvalue weighted by Gasteiger charge is -2.32. The van der Waals surface area contributed by atoms with E-state index in [1.807, 2.05) is 18.2 Å². The summed E-state index contributed by atoms with van der Waals surface area (Å²) in [6, 6.07) is 12.4. The molecule has 1 aliphatic heterocycles. The van der Waals surface area contributed by atoms with Crippen LogP contribution in [0.2, 0.25) is 0 Å². The average molecular weight is 388 g/mol. The molecule has 2 aromatic rings. The van der Waals surface area contributed by atoms with Gasteiger partial charge in [-0.25, -0.2) is 0 Å². The summed E-state index contributed by atoms with van der Waals surface area (Å²) in [6.07, 6.45) is -0.0305. The molecule has 0 N–H and O–H groups in total. The number of hydrogen-bond acceptors (Lipinski definition) is 4. The molecule has 1 unspecified atom stereocenters. The smallest absolute Gasteiger partial charge is 0.166 e. The molecule has 1 atom stereocenters. The Morgan fingerprint density at radius 1 is 1.11 bits per heavy atom. The fourth-order valence-corrected chi connectivity index (χ4v) is 4.20. The van der Waals surface area contributed by atoms with Gasteiger partial charge in [0.25, 0.3) is 0 Å². The van der Waals surface area contributed by atoms with Crippen molar-refractivity contribution < 1.29 is 25.2 Å². The fraction of sp³-hybridized carbons (Fsp3) is 0.458. The van der Waals surface area contributed by atoms with Crippen molar-refractivity contribution in [3.05, 3.63) is 59.2 Å². The molecule has 0 bridgehead atoms. The van der Waals surface area contributed by atoms with Crippen LogP contribution in [0.15, 0.2) is 42.5 Å². The Balaban J connectivity index is 1.51. The van der Waals surface area contributed by atoms with Crippen LogP contribution < -0.4 is 9.47 Å². The molecule has 1 fully saturated rings. The van der Waals surface area contributed by atoms with Crippen LogP contribution in [0, 0.1) is 11.8 Å². The quantitative estimate of drug-likeness (QED) is 0.738. The Morgan fingerprint density at radius 3 is 2.54 bits per heavy atom. The number of likely N-dealkylation sites (tertiary alicyclic amines) is 1. The van der Waals surface area contributed by atoms with Crippen molar-refractivity contribution in [2.24, 2.45) is 11.8 Å². The standard InChI is InChI=1S/C24H29NO3/c1-27-22-14-19-13-20(24(26)21(19)15-23(22)28-2)12-17-8-10-25(11-9-17)16-18-6-4-3-5-7-18/h3-7,14-15,17,20H,8-13,16H2,1-2H3/i1D3,2D3,13D2. The number of ketones is 1. The number of carbonyl (C=O) groups excluding carboxylic acids is 1. The summed E-state index contributed by atoms with van der Waals surface area (Å²) in [4.78, 5) is 15.7. The Bertz CT molecular complexity index is 1090. The van der Waals surface area contributed by atoms with E-state index in [4.69, 9.17) is 20.4 Å². The third kappa shape index (κ3) is 3.93. The molecule has 0 spiro atoms. The van der Waals surface area contributed by atoms with Gasteiger partial charge in [-0.05, 0) is 67.9 Å². The van der Waals surface area contributed by atoms with Crippen molar-refractivity contribution in [3.8, 4) is 11.5 Å². The normalized spacial score (nSPS) is 27.1. The van der Waals surface area contributed by atoms with Crippen LogP contribution in [0.3, 0.4) is 0 Å². The van der Waals surface area contributed by atoms with Gasteiger partial charge in [0.2, 0.25) is 0 Å². The predicted molar refractivity (Wildman–Crippen MR) is 110 cm³/mol. The van der Waals surface area contributed by atoms with Crippen molar-refractivity contribution in [2.45, 2.75) is 32.2 Å². The highest BCUT2D eigenvalue weighted by molar-refractivity contribution is 6.02. The SMILES string of the molecule is [2H]C([2H])([2H])Oc1cc2c(cc1OC([2H])([2H])[2H])C([2H])([2H])C(CC1CCN(Cc3ccccc3)CC1)C2=O. The van der Waals surface area contributed by atoms with Gasteiger partial charge in [-0.2, -0.15) is 0 Å². The molecule has 0 amide bonds. The van der Waals surface area contributed by atoms with E-state index >= 15 is 0 Å². The van der Waals surface area contributed by atoms with E-state index in [-0.39, 0.29) is 17.0 Å². The maximum Gasteiger partial charge on any atom is 0.166 e. The van der Waals surface area contributed by atoms with Crippen LogP contribution in [0.5, 0.6) is 11.5 Å². The molecule has 2 aromatic carbocycles. The minimum atomic E-state index is -2.91. The summed E-state index contributed by atoms with van der Waals surface area (Å²) in [6.45, 7) is 2.55. The number of ether oxygens (including phenoxy) is 2. The van der Waals surface area contributed by atoms with Crippen LogP contribution in [-0.4, -0.2) is 37.8 Å². The van der Waals surface area contributed by atoms with Crippen LogP contribution in [0.1, 0.15) is 51.7 Å². The molecule has 0 radical (unpaired) electrons. The monoisotopic (exact) mass is 387 g/mol. The minimum Gasteiger partial charge on any atom is -0.493 e. The average Bonchev–Trinajstić information content (AvgIpc) is 2.94. The summed E-state index contributed by atoms with van der Waals surface area (Å²) in [7, 11) is -5.82. The number of rotatable bonds is 6. The third-order valence-corrected chi connectivity index (χ3v) is 5.74. The second-order valence-electron chi connectivity index (χ2n) is 7.55. The zero-order valence-corrected chi connectivity index (χ0v) is 15.6. The second kappa shape index (κ2) is 8.36. The summed E-state index contributed by atoms with van der Waals surface area (Å²) in [5.74, 6) is -2.09. The number of fused-ring (bicyclic) bond motifs is 1. The van der Waals surface area contributed by atoms with E-state index in [2.05, 4.69) is 17.0 Å². The van der Waals surface area contributed by atoms with E-state index in [9.17, 15) is 4.79 Å². The van der Waals surface area contributed by atoms with E-state index in [0.29, 0.717) is 6.42 Å². The van der Waals surface area contributed by atoms with Crippen LogP contribution in [0.25, 0.3) is 0 Å². The summed E-state index contributed by atoms with van der Waals surface area (Å²) in [5.41, 5.74) is 1.23. The highest BCUT2D eigenvalue weighted by Gasteiger charge is 2.34. The zero-order valence-electron chi connectivity index (χ0n) is 23.6. The van der Waals surface area contributed by atoms with E-state index < -0.39 is 43.6 Å². The van der Waals surface area contributed by atoms with Crippen LogP contribution >= 0.6 is 0 Å². The lowest BCUT2D eigenvalue weighted by atomic mass is 9.85. The molecule has 4 heteroatoms. The number of benzene rings is 2. The molecular formula is C24H29NO3. The molecule has 0 saturated carbocycles. The zero-order chi connectivity index (χ0) is 26.3. The maximum atomic E-state index is 13.3. The molecular weight excluding hydrogens is 350 g/mol. The van der Waals surface area contributed by atoms with Crippen molar-refractivity contribution in [2.75, 3.05) is 27.2 Å². The lowest BCUT2D eigenvalue weighted by Crippen LogP contribution is -2.34. The van der Waals surface area contributed by atoms with Crippen LogP contribution in [0.4, 0.5) is 0 Å². The first kappa shape index (κ1) is 11.6. The second-order valence-corrected chi connectivity index (χ2v) is 7.55. The van der Waals surface area contributed by atoms with Crippen molar-refractivity contribution in [3.63, 3.8) is 0 Å². The molecule has 4 nitrogen and oxygen atoms in total. The number of hydrogen-bond donors (Lipinski definition) is 0. The van der Waals surface area contributed by atoms with Crippen molar-refractivity contribution in [1.82, 2.24) is 4.90 Å². The topological polar surface area (TPSA) is 38.8 Å². The highest BCUT2D eigenvalue weighted by Crippen LogP contribution is 2.39.